The Morgan fingerprint density at radius 2 is 2.16 bits per heavy atom. The Bertz CT molecular complexity index is 544. The number of benzene rings is 1. The van der Waals surface area contributed by atoms with E-state index in [0.29, 0.717) is 18.9 Å². The second-order valence-electron chi connectivity index (χ2n) is 4.36. The zero-order valence-corrected chi connectivity index (χ0v) is 11.4. The lowest BCUT2D eigenvalue weighted by atomic mass is 10.1. The number of hydrogen-bond acceptors (Lipinski definition) is 4. The van der Waals surface area contributed by atoms with Crippen LogP contribution in [0.3, 0.4) is 0 Å². The average molecular weight is 261 g/mol. The SMILES string of the molecule is CCOc1cccc(CNc2c(C)n[nH]c2C)c1O. The molecule has 1 aromatic heterocycles. The highest BCUT2D eigenvalue weighted by molar-refractivity contribution is 5.53. The second kappa shape index (κ2) is 5.65. The third-order valence-electron chi connectivity index (χ3n) is 2.97. The topological polar surface area (TPSA) is 70.2 Å². The fourth-order valence-corrected chi connectivity index (χ4v) is 1.98. The maximum Gasteiger partial charge on any atom is 0.162 e. The lowest BCUT2D eigenvalue weighted by Crippen LogP contribution is -2.02. The predicted molar refractivity (Wildman–Crippen MR) is 74.7 cm³/mol. The van der Waals surface area contributed by atoms with Crippen LogP contribution in [0.15, 0.2) is 18.2 Å². The fourth-order valence-electron chi connectivity index (χ4n) is 1.98. The number of anilines is 1. The van der Waals surface area contributed by atoms with Gasteiger partial charge in [-0.1, -0.05) is 12.1 Å². The molecule has 0 unspecified atom stereocenters. The van der Waals surface area contributed by atoms with Crippen molar-refractivity contribution in [1.82, 2.24) is 10.2 Å². The second-order valence-corrected chi connectivity index (χ2v) is 4.36. The van der Waals surface area contributed by atoms with E-state index in [2.05, 4.69) is 15.5 Å². The van der Waals surface area contributed by atoms with Crippen LogP contribution in [0, 0.1) is 13.8 Å². The third-order valence-corrected chi connectivity index (χ3v) is 2.97. The van der Waals surface area contributed by atoms with Crippen molar-refractivity contribution in [2.24, 2.45) is 0 Å². The van der Waals surface area contributed by atoms with Crippen molar-refractivity contribution in [3.8, 4) is 11.5 Å². The number of nitrogens with zero attached hydrogens (tertiary/aromatic N) is 1. The Labute approximate surface area is 112 Å². The lowest BCUT2D eigenvalue weighted by molar-refractivity contribution is 0.317. The van der Waals surface area contributed by atoms with Gasteiger partial charge in [0.25, 0.3) is 0 Å². The van der Waals surface area contributed by atoms with Gasteiger partial charge in [-0.3, -0.25) is 5.10 Å². The van der Waals surface area contributed by atoms with E-state index >= 15 is 0 Å². The van der Waals surface area contributed by atoms with Crippen LogP contribution in [0.4, 0.5) is 5.69 Å². The van der Waals surface area contributed by atoms with Crippen molar-refractivity contribution in [3.05, 3.63) is 35.2 Å². The summed E-state index contributed by atoms with van der Waals surface area (Å²) in [5.74, 6) is 0.707. The summed E-state index contributed by atoms with van der Waals surface area (Å²) in [5.41, 5.74) is 3.67. The van der Waals surface area contributed by atoms with Crippen LogP contribution >= 0.6 is 0 Å². The minimum atomic E-state index is 0.190. The van der Waals surface area contributed by atoms with Crippen molar-refractivity contribution in [3.63, 3.8) is 0 Å². The Kier molecular flexibility index (Phi) is 3.94. The van der Waals surface area contributed by atoms with Crippen molar-refractivity contribution in [1.29, 1.82) is 0 Å². The molecule has 1 heterocycles. The summed E-state index contributed by atoms with van der Waals surface area (Å²) in [7, 11) is 0. The number of phenolic OH excluding ortho intramolecular Hbond substituents is 1. The van der Waals surface area contributed by atoms with Crippen LogP contribution in [-0.4, -0.2) is 21.9 Å². The van der Waals surface area contributed by atoms with Gasteiger partial charge in [-0.15, -0.1) is 0 Å². The smallest absolute Gasteiger partial charge is 0.162 e. The van der Waals surface area contributed by atoms with Crippen LogP contribution in [0.5, 0.6) is 11.5 Å². The maximum absolute atomic E-state index is 10.1. The molecule has 5 nitrogen and oxygen atoms in total. The van der Waals surface area contributed by atoms with E-state index < -0.39 is 0 Å². The fraction of sp³-hybridized carbons (Fsp3) is 0.357. The van der Waals surface area contributed by atoms with Gasteiger partial charge in [0.15, 0.2) is 11.5 Å². The molecular weight excluding hydrogens is 242 g/mol. The van der Waals surface area contributed by atoms with E-state index in [9.17, 15) is 5.11 Å². The molecule has 0 spiro atoms. The van der Waals surface area contributed by atoms with Crippen molar-refractivity contribution >= 4 is 5.69 Å². The summed E-state index contributed by atoms with van der Waals surface area (Å²) in [6, 6.07) is 5.50. The highest BCUT2D eigenvalue weighted by atomic mass is 16.5. The van der Waals surface area contributed by atoms with Gasteiger partial charge in [0, 0.05) is 12.1 Å². The number of para-hydroxylation sites is 1. The van der Waals surface area contributed by atoms with Gasteiger partial charge >= 0.3 is 0 Å². The molecule has 19 heavy (non-hydrogen) atoms. The standard InChI is InChI=1S/C14H19N3O2/c1-4-19-12-7-5-6-11(14(12)18)8-15-13-9(2)16-17-10(13)3/h5-7,15,18H,4,8H2,1-3H3,(H,16,17). The Balaban J connectivity index is 2.14. The molecular formula is C14H19N3O2. The van der Waals surface area contributed by atoms with Crippen molar-refractivity contribution in [2.45, 2.75) is 27.3 Å². The maximum atomic E-state index is 10.1. The summed E-state index contributed by atoms with van der Waals surface area (Å²) in [6.45, 7) is 6.84. The number of aryl methyl sites for hydroxylation is 2. The molecule has 0 aliphatic carbocycles. The summed E-state index contributed by atoms with van der Waals surface area (Å²) >= 11 is 0. The first-order chi connectivity index (χ1) is 9.13. The first kappa shape index (κ1) is 13.3. The lowest BCUT2D eigenvalue weighted by Gasteiger charge is -2.11. The number of aromatic nitrogens is 2. The van der Waals surface area contributed by atoms with Gasteiger partial charge in [-0.05, 0) is 26.8 Å². The summed E-state index contributed by atoms with van der Waals surface area (Å²) < 4.78 is 5.37. The molecule has 1 aromatic carbocycles. The molecule has 0 bridgehead atoms. The molecule has 2 rings (SSSR count). The van der Waals surface area contributed by atoms with Gasteiger partial charge in [0.1, 0.15) is 0 Å². The summed E-state index contributed by atoms with van der Waals surface area (Å²) in [6.07, 6.45) is 0. The minimum Gasteiger partial charge on any atom is -0.504 e. The molecule has 0 aliphatic heterocycles. The third kappa shape index (κ3) is 2.81. The molecule has 0 amide bonds. The Morgan fingerprint density at radius 1 is 1.37 bits per heavy atom. The van der Waals surface area contributed by atoms with Crippen LogP contribution in [0.25, 0.3) is 0 Å². The molecule has 0 aliphatic rings. The Morgan fingerprint density at radius 3 is 2.79 bits per heavy atom. The van der Waals surface area contributed by atoms with Crippen LogP contribution in [-0.2, 0) is 6.54 Å². The summed E-state index contributed by atoms with van der Waals surface area (Å²) in [5, 5.41) is 20.4. The number of phenols is 1. The van der Waals surface area contributed by atoms with E-state index in [4.69, 9.17) is 4.74 Å². The number of hydrogen-bond donors (Lipinski definition) is 3. The van der Waals surface area contributed by atoms with Gasteiger partial charge in [-0.25, -0.2) is 0 Å². The van der Waals surface area contributed by atoms with E-state index in [1.165, 1.54) is 0 Å². The Hall–Kier alpha value is -2.17. The number of aromatic hydroxyl groups is 1. The van der Waals surface area contributed by atoms with Crippen molar-refractivity contribution < 1.29 is 9.84 Å². The molecule has 2 aromatic rings. The molecule has 102 valence electrons. The number of H-pyrrole nitrogens is 1. The number of rotatable bonds is 5. The monoisotopic (exact) mass is 261 g/mol. The highest BCUT2D eigenvalue weighted by Gasteiger charge is 2.10. The normalized spacial score (nSPS) is 10.5. The van der Waals surface area contributed by atoms with Crippen LogP contribution < -0.4 is 10.1 Å². The first-order valence-corrected chi connectivity index (χ1v) is 6.32. The molecule has 0 atom stereocenters. The van der Waals surface area contributed by atoms with Crippen molar-refractivity contribution in [2.75, 3.05) is 11.9 Å². The largest absolute Gasteiger partial charge is 0.504 e. The number of aromatic amines is 1. The molecule has 3 N–H and O–H groups in total. The summed E-state index contributed by atoms with van der Waals surface area (Å²) in [4.78, 5) is 0. The first-order valence-electron chi connectivity index (χ1n) is 6.32. The number of nitrogens with one attached hydrogen (secondary N) is 2. The van der Waals surface area contributed by atoms with Crippen LogP contribution in [0.2, 0.25) is 0 Å². The minimum absolute atomic E-state index is 0.190. The average Bonchev–Trinajstić information content (AvgIpc) is 2.71. The van der Waals surface area contributed by atoms with E-state index in [1.807, 2.05) is 32.9 Å². The molecule has 0 saturated carbocycles. The van der Waals surface area contributed by atoms with Gasteiger partial charge < -0.3 is 15.2 Å². The van der Waals surface area contributed by atoms with E-state index in [1.54, 1.807) is 6.07 Å². The quantitative estimate of drug-likeness (QED) is 0.774. The van der Waals surface area contributed by atoms with E-state index in [-0.39, 0.29) is 5.75 Å². The molecule has 0 saturated heterocycles. The molecule has 0 radical (unpaired) electrons. The zero-order chi connectivity index (χ0) is 13.8. The number of ether oxygens (including phenoxy) is 1. The highest BCUT2D eigenvalue weighted by Crippen LogP contribution is 2.30. The molecule has 5 heteroatoms. The van der Waals surface area contributed by atoms with Crippen LogP contribution in [0.1, 0.15) is 23.9 Å². The van der Waals surface area contributed by atoms with E-state index in [0.717, 1.165) is 22.6 Å². The van der Waals surface area contributed by atoms with Gasteiger partial charge in [0.2, 0.25) is 0 Å². The molecule has 0 fully saturated rings. The predicted octanol–water partition coefficient (Wildman–Crippen LogP) is 2.74. The van der Waals surface area contributed by atoms with Gasteiger partial charge in [0.05, 0.1) is 23.7 Å². The van der Waals surface area contributed by atoms with Gasteiger partial charge in [-0.2, -0.15) is 5.10 Å². The zero-order valence-electron chi connectivity index (χ0n) is 11.4.